The lowest BCUT2D eigenvalue weighted by Crippen LogP contribution is -2.16. The first kappa shape index (κ1) is 13.5. The molecule has 2 rings (SSSR count). The van der Waals surface area contributed by atoms with Crippen molar-refractivity contribution < 1.29 is 4.79 Å². The van der Waals surface area contributed by atoms with Crippen molar-refractivity contribution in [2.45, 2.75) is 45.4 Å². The van der Waals surface area contributed by atoms with E-state index in [1.807, 2.05) is 0 Å². The minimum absolute atomic E-state index is 0.0336. The van der Waals surface area contributed by atoms with E-state index < -0.39 is 0 Å². The number of carbonyl (C=O) groups is 1. The van der Waals surface area contributed by atoms with Crippen LogP contribution in [0.15, 0.2) is 0 Å². The number of rotatable bonds is 5. The number of amides is 1. The minimum atomic E-state index is -0.0336. The van der Waals surface area contributed by atoms with Crippen molar-refractivity contribution in [3.8, 4) is 0 Å². The van der Waals surface area contributed by atoms with Gasteiger partial charge in [-0.05, 0) is 25.2 Å². The van der Waals surface area contributed by atoms with Gasteiger partial charge < -0.3 is 11.1 Å². The summed E-state index contributed by atoms with van der Waals surface area (Å²) < 4.78 is 0. The van der Waals surface area contributed by atoms with Crippen molar-refractivity contribution in [3.63, 3.8) is 0 Å². The van der Waals surface area contributed by atoms with E-state index in [0.29, 0.717) is 13.0 Å². The molecule has 0 radical (unpaired) electrons. The van der Waals surface area contributed by atoms with Gasteiger partial charge >= 0.3 is 0 Å². The van der Waals surface area contributed by atoms with Gasteiger partial charge in [-0.25, -0.2) is 4.98 Å². The van der Waals surface area contributed by atoms with Crippen LogP contribution >= 0.6 is 11.3 Å². The third-order valence-electron chi connectivity index (χ3n) is 3.36. The second-order valence-electron chi connectivity index (χ2n) is 4.87. The number of fused-ring (bicyclic) bond motifs is 1. The number of nitrogens with zero attached hydrogens (tertiary/aromatic N) is 1. The third-order valence-corrected chi connectivity index (χ3v) is 4.39. The minimum Gasteiger partial charge on any atom is -0.330 e. The zero-order valence-corrected chi connectivity index (χ0v) is 11.7. The Balaban J connectivity index is 1.99. The highest BCUT2D eigenvalue weighted by Gasteiger charge is 2.22. The van der Waals surface area contributed by atoms with Crippen LogP contribution in [-0.4, -0.2) is 17.4 Å². The fraction of sp³-hybridized carbons (Fsp3) is 0.692. The zero-order valence-electron chi connectivity index (χ0n) is 10.9. The Morgan fingerprint density at radius 2 is 2.44 bits per heavy atom. The molecule has 0 bridgehead atoms. The maximum atomic E-state index is 11.5. The van der Waals surface area contributed by atoms with E-state index in [2.05, 4.69) is 17.2 Å². The number of hydrogen-bond acceptors (Lipinski definition) is 4. The van der Waals surface area contributed by atoms with Crippen molar-refractivity contribution in [1.29, 1.82) is 0 Å². The van der Waals surface area contributed by atoms with Crippen molar-refractivity contribution in [2.75, 3.05) is 11.9 Å². The summed E-state index contributed by atoms with van der Waals surface area (Å²) in [7, 11) is 0. The molecule has 5 heteroatoms. The normalized spacial score (nSPS) is 18.4. The average Bonchev–Trinajstić information content (AvgIpc) is 2.71. The Morgan fingerprint density at radius 3 is 3.17 bits per heavy atom. The van der Waals surface area contributed by atoms with E-state index in [1.54, 1.807) is 11.3 Å². The van der Waals surface area contributed by atoms with Crippen LogP contribution in [0.25, 0.3) is 0 Å². The van der Waals surface area contributed by atoms with E-state index in [4.69, 9.17) is 5.73 Å². The first-order valence-electron chi connectivity index (χ1n) is 6.71. The molecule has 1 amide bonds. The average molecular weight is 267 g/mol. The van der Waals surface area contributed by atoms with Crippen molar-refractivity contribution in [1.82, 2.24) is 4.98 Å². The molecule has 1 atom stereocenters. The number of aromatic nitrogens is 1. The van der Waals surface area contributed by atoms with Gasteiger partial charge in [0, 0.05) is 17.8 Å². The number of carbonyl (C=O) groups excluding carboxylic acids is 1. The molecule has 1 aromatic heterocycles. The van der Waals surface area contributed by atoms with Gasteiger partial charge in [-0.15, -0.1) is 11.3 Å². The van der Waals surface area contributed by atoms with Gasteiger partial charge in [0.1, 0.15) is 0 Å². The van der Waals surface area contributed by atoms with Crippen LogP contribution in [0.1, 0.15) is 43.2 Å². The quantitative estimate of drug-likeness (QED) is 0.860. The Labute approximate surface area is 112 Å². The van der Waals surface area contributed by atoms with Gasteiger partial charge in [0.15, 0.2) is 5.13 Å². The second kappa shape index (κ2) is 6.29. The standard InChI is InChI=1S/C13H21N3OS/c1-2-3-9-4-5-10-11(8-9)18-13(15-10)16-12(17)6-7-14/h9H,2-8,14H2,1H3,(H,15,16,17). The molecular weight excluding hydrogens is 246 g/mol. The van der Waals surface area contributed by atoms with E-state index in [0.717, 1.165) is 23.9 Å². The number of anilines is 1. The first-order chi connectivity index (χ1) is 8.72. The van der Waals surface area contributed by atoms with E-state index in [-0.39, 0.29) is 5.91 Å². The predicted octanol–water partition coefficient (Wildman–Crippen LogP) is 2.34. The van der Waals surface area contributed by atoms with Crippen LogP contribution in [0, 0.1) is 5.92 Å². The maximum Gasteiger partial charge on any atom is 0.227 e. The highest BCUT2D eigenvalue weighted by Crippen LogP contribution is 2.33. The molecule has 100 valence electrons. The number of hydrogen-bond donors (Lipinski definition) is 2. The maximum absolute atomic E-state index is 11.5. The van der Waals surface area contributed by atoms with Crippen molar-refractivity contribution >= 4 is 22.4 Å². The fourth-order valence-corrected chi connectivity index (χ4v) is 3.60. The molecule has 0 aromatic carbocycles. The molecule has 0 saturated carbocycles. The molecular formula is C13H21N3OS. The highest BCUT2D eigenvalue weighted by atomic mass is 32.1. The van der Waals surface area contributed by atoms with Gasteiger partial charge in [-0.2, -0.15) is 0 Å². The summed E-state index contributed by atoms with van der Waals surface area (Å²) in [6.45, 7) is 2.62. The highest BCUT2D eigenvalue weighted by molar-refractivity contribution is 7.15. The number of aryl methyl sites for hydroxylation is 1. The second-order valence-corrected chi connectivity index (χ2v) is 5.96. The number of nitrogens with one attached hydrogen (secondary N) is 1. The molecule has 1 aromatic rings. The van der Waals surface area contributed by atoms with E-state index in [1.165, 1.54) is 29.8 Å². The van der Waals surface area contributed by atoms with Crippen molar-refractivity contribution in [2.24, 2.45) is 11.7 Å². The largest absolute Gasteiger partial charge is 0.330 e. The molecule has 1 unspecified atom stereocenters. The fourth-order valence-electron chi connectivity index (χ4n) is 2.46. The van der Waals surface area contributed by atoms with E-state index >= 15 is 0 Å². The van der Waals surface area contributed by atoms with Gasteiger partial charge in [0.05, 0.1) is 5.69 Å². The summed E-state index contributed by atoms with van der Waals surface area (Å²) in [5.74, 6) is 0.768. The lowest BCUT2D eigenvalue weighted by molar-refractivity contribution is -0.116. The van der Waals surface area contributed by atoms with E-state index in [9.17, 15) is 4.79 Å². The topological polar surface area (TPSA) is 68.0 Å². The monoisotopic (exact) mass is 267 g/mol. The molecule has 4 nitrogen and oxygen atoms in total. The SMILES string of the molecule is CCCC1CCc2nc(NC(=O)CCN)sc2C1. The molecule has 18 heavy (non-hydrogen) atoms. The lowest BCUT2D eigenvalue weighted by atomic mass is 9.88. The summed E-state index contributed by atoms with van der Waals surface area (Å²) in [5.41, 5.74) is 6.54. The smallest absolute Gasteiger partial charge is 0.227 e. The van der Waals surface area contributed by atoms with Crippen LogP contribution < -0.4 is 11.1 Å². The van der Waals surface area contributed by atoms with Gasteiger partial charge in [0.25, 0.3) is 0 Å². The van der Waals surface area contributed by atoms with Crippen LogP contribution in [0.2, 0.25) is 0 Å². The van der Waals surface area contributed by atoms with Crippen LogP contribution in [0.3, 0.4) is 0 Å². The Hall–Kier alpha value is -0.940. The number of thiazole rings is 1. The van der Waals surface area contributed by atoms with Gasteiger partial charge in [-0.3, -0.25) is 4.79 Å². The summed E-state index contributed by atoms with van der Waals surface area (Å²) in [4.78, 5) is 17.3. The summed E-state index contributed by atoms with van der Waals surface area (Å²) in [5, 5.41) is 3.58. The molecule has 0 aliphatic heterocycles. The lowest BCUT2D eigenvalue weighted by Gasteiger charge is -2.19. The molecule has 0 fully saturated rings. The summed E-state index contributed by atoms with van der Waals surface area (Å²) in [6, 6.07) is 0. The number of nitrogens with two attached hydrogens (primary N) is 1. The molecule has 0 saturated heterocycles. The zero-order chi connectivity index (χ0) is 13.0. The molecule has 0 spiro atoms. The van der Waals surface area contributed by atoms with Crippen LogP contribution in [0.4, 0.5) is 5.13 Å². The Bertz CT molecular complexity index is 416. The summed E-state index contributed by atoms with van der Waals surface area (Å²) >= 11 is 1.64. The van der Waals surface area contributed by atoms with Gasteiger partial charge in [-0.1, -0.05) is 19.8 Å². The molecule has 1 heterocycles. The third kappa shape index (κ3) is 3.29. The molecule has 3 N–H and O–H groups in total. The van der Waals surface area contributed by atoms with Crippen molar-refractivity contribution in [3.05, 3.63) is 10.6 Å². The molecule has 1 aliphatic rings. The predicted molar refractivity (Wildman–Crippen MR) is 74.8 cm³/mol. The summed E-state index contributed by atoms with van der Waals surface area (Å²) in [6.07, 6.45) is 6.34. The first-order valence-corrected chi connectivity index (χ1v) is 7.53. The molecule has 1 aliphatic carbocycles. The van der Waals surface area contributed by atoms with Gasteiger partial charge in [0.2, 0.25) is 5.91 Å². The van der Waals surface area contributed by atoms with Crippen LogP contribution in [0.5, 0.6) is 0 Å². The Kier molecular flexibility index (Phi) is 4.72. The Morgan fingerprint density at radius 1 is 1.61 bits per heavy atom. The van der Waals surface area contributed by atoms with Crippen LogP contribution in [-0.2, 0) is 17.6 Å².